The summed E-state index contributed by atoms with van der Waals surface area (Å²) >= 11 is 0. The normalized spacial score (nSPS) is 23.9. The first kappa shape index (κ1) is 13.5. The Morgan fingerprint density at radius 3 is 2.75 bits per heavy atom. The SMILES string of the molecule is CNC1CCCN(C(COC)C(C)C)C1=O. The molecule has 0 spiro atoms. The Labute approximate surface area is 98.3 Å². The van der Waals surface area contributed by atoms with Crippen LogP contribution in [-0.4, -0.2) is 50.2 Å². The molecule has 0 saturated carbocycles. The van der Waals surface area contributed by atoms with E-state index in [1.807, 2.05) is 11.9 Å². The average molecular weight is 228 g/mol. The van der Waals surface area contributed by atoms with E-state index < -0.39 is 0 Å². The number of piperidine rings is 1. The molecular weight excluding hydrogens is 204 g/mol. The lowest BCUT2D eigenvalue weighted by molar-refractivity contribution is -0.140. The van der Waals surface area contributed by atoms with Crippen molar-refractivity contribution in [3.05, 3.63) is 0 Å². The van der Waals surface area contributed by atoms with Crippen molar-refractivity contribution in [3.63, 3.8) is 0 Å². The van der Waals surface area contributed by atoms with E-state index in [0.717, 1.165) is 19.4 Å². The highest BCUT2D eigenvalue weighted by atomic mass is 16.5. The van der Waals surface area contributed by atoms with E-state index in [9.17, 15) is 4.79 Å². The van der Waals surface area contributed by atoms with Crippen molar-refractivity contribution in [2.45, 2.75) is 38.8 Å². The summed E-state index contributed by atoms with van der Waals surface area (Å²) in [6.45, 7) is 5.77. The second kappa shape index (κ2) is 6.21. The van der Waals surface area contributed by atoms with Gasteiger partial charge in [-0.15, -0.1) is 0 Å². The summed E-state index contributed by atoms with van der Waals surface area (Å²) in [5.41, 5.74) is 0. The minimum Gasteiger partial charge on any atom is -0.383 e. The van der Waals surface area contributed by atoms with Crippen LogP contribution in [0.15, 0.2) is 0 Å². The first-order valence-corrected chi connectivity index (χ1v) is 6.08. The molecule has 0 aromatic carbocycles. The van der Waals surface area contributed by atoms with Crippen LogP contribution in [0.5, 0.6) is 0 Å². The van der Waals surface area contributed by atoms with E-state index >= 15 is 0 Å². The maximum atomic E-state index is 12.2. The van der Waals surface area contributed by atoms with Gasteiger partial charge < -0.3 is 15.0 Å². The molecule has 0 aromatic rings. The Balaban J connectivity index is 2.71. The molecule has 4 nitrogen and oxygen atoms in total. The third-order valence-electron chi connectivity index (χ3n) is 3.33. The van der Waals surface area contributed by atoms with Crippen LogP contribution in [0.25, 0.3) is 0 Å². The zero-order chi connectivity index (χ0) is 12.1. The van der Waals surface area contributed by atoms with Gasteiger partial charge in [-0.1, -0.05) is 13.8 Å². The largest absolute Gasteiger partial charge is 0.383 e. The molecule has 1 rings (SSSR count). The Hall–Kier alpha value is -0.610. The summed E-state index contributed by atoms with van der Waals surface area (Å²) in [7, 11) is 3.55. The molecule has 1 N–H and O–H groups in total. The number of nitrogens with zero attached hydrogens (tertiary/aromatic N) is 1. The summed E-state index contributed by atoms with van der Waals surface area (Å²) in [5.74, 6) is 0.656. The van der Waals surface area contributed by atoms with Crippen molar-refractivity contribution < 1.29 is 9.53 Å². The fourth-order valence-corrected chi connectivity index (χ4v) is 2.31. The summed E-state index contributed by atoms with van der Waals surface area (Å²) in [6.07, 6.45) is 2.02. The summed E-state index contributed by atoms with van der Waals surface area (Å²) in [6, 6.07) is 0.195. The molecule has 0 aromatic heterocycles. The molecular formula is C12H24N2O2. The van der Waals surface area contributed by atoms with Gasteiger partial charge in [0, 0.05) is 13.7 Å². The highest BCUT2D eigenvalue weighted by Gasteiger charge is 2.33. The van der Waals surface area contributed by atoms with E-state index in [0.29, 0.717) is 12.5 Å². The number of ether oxygens (including phenoxy) is 1. The number of likely N-dealkylation sites (N-methyl/N-ethyl adjacent to an activating group) is 1. The molecule has 94 valence electrons. The van der Waals surface area contributed by atoms with Gasteiger partial charge in [0.1, 0.15) is 0 Å². The van der Waals surface area contributed by atoms with Crippen molar-refractivity contribution in [2.24, 2.45) is 5.92 Å². The number of likely N-dealkylation sites (tertiary alicyclic amines) is 1. The highest BCUT2D eigenvalue weighted by Crippen LogP contribution is 2.19. The molecule has 1 amide bonds. The Morgan fingerprint density at radius 2 is 2.25 bits per heavy atom. The predicted molar refractivity (Wildman–Crippen MR) is 64.3 cm³/mol. The predicted octanol–water partition coefficient (Wildman–Crippen LogP) is 0.868. The van der Waals surface area contributed by atoms with Crippen LogP contribution in [0, 0.1) is 5.92 Å². The van der Waals surface area contributed by atoms with Crippen LogP contribution in [0.4, 0.5) is 0 Å². The van der Waals surface area contributed by atoms with Crippen LogP contribution >= 0.6 is 0 Å². The third kappa shape index (κ3) is 2.95. The van der Waals surface area contributed by atoms with Crippen molar-refractivity contribution in [1.82, 2.24) is 10.2 Å². The Morgan fingerprint density at radius 1 is 1.56 bits per heavy atom. The second-order valence-electron chi connectivity index (χ2n) is 4.78. The average Bonchev–Trinajstić information content (AvgIpc) is 2.26. The van der Waals surface area contributed by atoms with Gasteiger partial charge in [-0.3, -0.25) is 4.79 Å². The Kier molecular flexibility index (Phi) is 5.22. The van der Waals surface area contributed by atoms with Crippen LogP contribution in [0.1, 0.15) is 26.7 Å². The highest BCUT2D eigenvalue weighted by molar-refractivity contribution is 5.82. The third-order valence-corrected chi connectivity index (χ3v) is 3.33. The minimum absolute atomic E-state index is 0.00754. The maximum Gasteiger partial charge on any atom is 0.240 e. The summed E-state index contributed by atoms with van der Waals surface area (Å²) in [5, 5.41) is 3.09. The molecule has 0 radical (unpaired) electrons. The van der Waals surface area contributed by atoms with E-state index in [1.54, 1.807) is 7.11 Å². The lowest BCUT2D eigenvalue weighted by Crippen LogP contribution is -2.55. The molecule has 1 heterocycles. The smallest absolute Gasteiger partial charge is 0.240 e. The molecule has 1 aliphatic rings. The van der Waals surface area contributed by atoms with Gasteiger partial charge in [0.05, 0.1) is 18.7 Å². The zero-order valence-corrected chi connectivity index (χ0v) is 10.8. The van der Waals surface area contributed by atoms with Gasteiger partial charge in [-0.2, -0.15) is 0 Å². The second-order valence-corrected chi connectivity index (χ2v) is 4.78. The Bertz CT molecular complexity index is 231. The quantitative estimate of drug-likeness (QED) is 0.759. The van der Waals surface area contributed by atoms with Crippen molar-refractivity contribution in [2.75, 3.05) is 27.3 Å². The standard InChI is InChI=1S/C12H24N2O2/c1-9(2)11(8-16-4)14-7-5-6-10(13-3)12(14)15/h9-11,13H,5-8H2,1-4H3. The summed E-state index contributed by atoms with van der Waals surface area (Å²) in [4.78, 5) is 14.2. The molecule has 1 fully saturated rings. The van der Waals surface area contributed by atoms with E-state index in [4.69, 9.17) is 4.74 Å². The van der Waals surface area contributed by atoms with E-state index in [2.05, 4.69) is 19.2 Å². The number of nitrogens with one attached hydrogen (secondary N) is 1. The molecule has 2 unspecified atom stereocenters. The maximum absolute atomic E-state index is 12.2. The number of rotatable bonds is 5. The number of carbonyl (C=O) groups is 1. The zero-order valence-electron chi connectivity index (χ0n) is 10.8. The van der Waals surface area contributed by atoms with Gasteiger partial charge in [0.2, 0.25) is 5.91 Å². The van der Waals surface area contributed by atoms with Gasteiger partial charge in [-0.25, -0.2) is 0 Å². The summed E-state index contributed by atoms with van der Waals surface area (Å²) < 4.78 is 5.22. The fraction of sp³-hybridized carbons (Fsp3) is 0.917. The van der Waals surface area contributed by atoms with Gasteiger partial charge >= 0.3 is 0 Å². The van der Waals surface area contributed by atoms with Gasteiger partial charge in [0.25, 0.3) is 0 Å². The minimum atomic E-state index is -0.00754. The monoisotopic (exact) mass is 228 g/mol. The first-order valence-electron chi connectivity index (χ1n) is 6.08. The molecule has 1 aliphatic heterocycles. The van der Waals surface area contributed by atoms with Gasteiger partial charge in [-0.05, 0) is 25.8 Å². The molecule has 2 atom stereocenters. The van der Waals surface area contributed by atoms with E-state index in [1.165, 1.54) is 0 Å². The lowest BCUT2D eigenvalue weighted by atomic mass is 9.97. The van der Waals surface area contributed by atoms with Crippen LogP contribution in [0.3, 0.4) is 0 Å². The van der Waals surface area contributed by atoms with Crippen molar-refractivity contribution in [1.29, 1.82) is 0 Å². The van der Waals surface area contributed by atoms with E-state index in [-0.39, 0.29) is 18.0 Å². The number of hydrogen-bond acceptors (Lipinski definition) is 3. The van der Waals surface area contributed by atoms with Crippen molar-refractivity contribution in [3.8, 4) is 0 Å². The number of carbonyl (C=O) groups excluding carboxylic acids is 1. The van der Waals surface area contributed by atoms with Gasteiger partial charge in [0.15, 0.2) is 0 Å². The molecule has 0 aliphatic carbocycles. The van der Waals surface area contributed by atoms with Crippen LogP contribution < -0.4 is 5.32 Å². The number of methoxy groups -OCH3 is 1. The number of hydrogen-bond donors (Lipinski definition) is 1. The lowest BCUT2D eigenvalue weighted by Gasteiger charge is -2.39. The first-order chi connectivity index (χ1) is 7.61. The molecule has 0 bridgehead atoms. The number of amides is 1. The van der Waals surface area contributed by atoms with Crippen LogP contribution in [0.2, 0.25) is 0 Å². The van der Waals surface area contributed by atoms with Crippen molar-refractivity contribution >= 4 is 5.91 Å². The molecule has 1 saturated heterocycles. The molecule has 16 heavy (non-hydrogen) atoms. The van der Waals surface area contributed by atoms with Crippen LogP contribution in [-0.2, 0) is 9.53 Å². The molecule has 4 heteroatoms. The topological polar surface area (TPSA) is 41.6 Å². The fourth-order valence-electron chi connectivity index (χ4n) is 2.31.